The average molecular weight is 320 g/mol. The fourth-order valence-corrected chi connectivity index (χ4v) is 3.36. The highest BCUT2D eigenvalue weighted by molar-refractivity contribution is 5.80. The molecule has 2 heterocycles. The van der Waals surface area contributed by atoms with Crippen molar-refractivity contribution in [2.24, 2.45) is 0 Å². The summed E-state index contributed by atoms with van der Waals surface area (Å²) in [6.07, 6.45) is 2.18. The molecule has 0 spiro atoms. The van der Waals surface area contributed by atoms with Crippen molar-refractivity contribution >= 4 is 0 Å². The van der Waals surface area contributed by atoms with Gasteiger partial charge in [-0.15, -0.1) is 0 Å². The summed E-state index contributed by atoms with van der Waals surface area (Å²) in [7, 11) is 3.39. The van der Waals surface area contributed by atoms with Gasteiger partial charge in [-0.1, -0.05) is 24.3 Å². The molecule has 0 radical (unpaired) electrons. The summed E-state index contributed by atoms with van der Waals surface area (Å²) in [5, 5.41) is 0. The molecule has 4 rings (SSSR count). The van der Waals surface area contributed by atoms with E-state index in [2.05, 4.69) is 22.8 Å². The molecule has 0 N–H and O–H groups in total. The Morgan fingerprint density at radius 1 is 0.917 bits per heavy atom. The van der Waals surface area contributed by atoms with Crippen molar-refractivity contribution in [3.8, 4) is 34.0 Å². The number of benzene rings is 2. The summed E-state index contributed by atoms with van der Waals surface area (Å²) in [6.45, 7) is 1.01. The number of imidazole rings is 1. The summed E-state index contributed by atoms with van der Waals surface area (Å²) < 4.78 is 13.1. The first kappa shape index (κ1) is 14.8. The molecule has 0 saturated heterocycles. The summed E-state index contributed by atoms with van der Waals surface area (Å²) in [6, 6.07) is 16.3. The third-order valence-corrected chi connectivity index (χ3v) is 4.52. The second kappa shape index (κ2) is 6.04. The fourth-order valence-electron chi connectivity index (χ4n) is 3.36. The normalized spacial score (nSPS) is 12.9. The van der Waals surface area contributed by atoms with Crippen LogP contribution in [0.25, 0.3) is 22.5 Å². The Balaban J connectivity index is 1.92. The van der Waals surface area contributed by atoms with E-state index in [9.17, 15) is 0 Å². The molecule has 0 amide bonds. The third kappa shape index (κ3) is 2.44. The number of ether oxygens (including phenoxy) is 2. The Morgan fingerprint density at radius 3 is 2.29 bits per heavy atom. The lowest BCUT2D eigenvalue weighted by Crippen LogP contribution is -1.97. The molecular weight excluding hydrogens is 300 g/mol. The smallest absolute Gasteiger partial charge is 0.119 e. The number of aryl methyl sites for hydroxylation is 1. The van der Waals surface area contributed by atoms with E-state index in [0.29, 0.717) is 0 Å². The molecule has 1 aliphatic rings. The molecule has 0 saturated carbocycles. The largest absolute Gasteiger partial charge is 0.497 e. The van der Waals surface area contributed by atoms with E-state index in [-0.39, 0.29) is 0 Å². The zero-order chi connectivity index (χ0) is 16.5. The van der Waals surface area contributed by atoms with Crippen molar-refractivity contribution in [2.45, 2.75) is 19.4 Å². The van der Waals surface area contributed by atoms with Gasteiger partial charge in [-0.3, -0.25) is 0 Å². The highest BCUT2D eigenvalue weighted by Crippen LogP contribution is 2.37. The van der Waals surface area contributed by atoms with Crippen LogP contribution in [0.4, 0.5) is 0 Å². The van der Waals surface area contributed by atoms with Gasteiger partial charge < -0.3 is 14.0 Å². The molecule has 4 heteroatoms. The zero-order valence-corrected chi connectivity index (χ0v) is 14.0. The molecule has 0 unspecified atom stereocenters. The average Bonchev–Trinajstić information content (AvgIpc) is 3.22. The molecule has 122 valence electrons. The van der Waals surface area contributed by atoms with E-state index in [1.54, 1.807) is 14.2 Å². The van der Waals surface area contributed by atoms with E-state index in [4.69, 9.17) is 14.5 Å². The van der Waals surface area contributed by atoms with Gasteiger partial charge in [0.1, 0.15) is 17.3 Å². The molecule has 1 aromatic heterocycles. The van der Waals surface area contributed by atoms with E-state index in [1.165, 1.54) is 0 Å². The van der Waals surface area contributed by atoms with Crippen LogP contribution in [0.15, 0.2) is 48.5 Å². The molecule has 1 aliphatic heterocycles. The van der Waals surface area contributed by atoms with E-state index >= 15 is 0 Å². The lowest BCUT2D eigenvalue weighted by Gasteiger charge is -2.10. The van der Waals surface area contributed by atoms with Crippen molar-refractivity contribution in [3.63, 3.8) is 0 Å². The van der Waals surface area contributed by atoms with Gasteiger partial charge in [-0.25, -0.2) is 4.98 Å². The number of hydrogen-bond acceptors (Lipinski definition) is 3. The van der Waals surface area contributed by atoms with Gasteiger partial charge in [0, 0.05) is 24.1 Å². The summed E-state index contributed by atoms with van der Waals surface area (Å²) in [4.78, 5) is 4.93. The second-order valence-corrected chi connectivity index (χ2v) is 5.94. The number of nitrogens with zero attached hydrogens (tertiary/aromatic N) is 2. The molecule has 2 aromatic carbocycles. The van der Waals surface area contributed by atoms with Crippen LogP contribution in [0.2, 0.25) is 0 Å². The van der Waals surface area contributed by atoms with Crippen LogP contribution in [0.1, 0.15) is 12.2 Å². The Labute approximate surface area is 141 Å². The second-order valence-electron chi connectivity index (χ2n) is 5.94. The Bertz CT molecular complexity index is 883. The lowest BCUT2D eigenvalue weighted by atomic mass is 10.0. The Hall–Kier alpha value is -2.75. The SMILES string of the molecule is COc1cccc(-c2nc3n(c2-c2cccc(OC)c2)CCC3)c1. The van der Waals surface area contributed by atoms with Crippen molar-refractivity contribution in [1.29, 1.82) is 0 Å². The number of methoxy groups -OCH3 is 2. The maximum absolute atomic E-state index is 5.40. The van der Waals surface area contributed by atoms with Crippen LogP contribution in [-0.4, -0.2) is 23.8 Å². The van der Waals surface area contributed by atoms with Crippen LogP contribution in [0.5, 0.6) is 11.5 Å². The van der Waals surface area contributed by atoms with E-state index < -0.39 is 0 Å². The Morgan fingerprint density at radius 2 is 1.58 bits per heavy atom. The number of hydrogen-bond donors (Lipinski definition) is 0. The first-order valence-electron chi connectivity index (χ1n) is 8.18. The van der Waals surface area contributed by atoms with Crippen LogP contribution in [-0.2, 0) is 13.0 Å². The van der Waals surface area contributed by atoms with Crippen LogP contribution in [0, 0.1) is 0 Å². The van der Waals surface area contributed by atoms with Gasteiger partial charge in [-0.05, 0) is 30.7 Å². The topological polar surface area (TPSA) is 36.3 Å². The van der Waals surface area contributed by atoms with Crippen LogP contribution < -0.4 is 9.47 Å². The summed E-state index contributed by atoms with van der Waals surface area (Å²) >= 11 is 0. The monoisotopic (exact) mass is 320 g/mol. The first-order chi connectivity index (χ1) is 11.8. The van der Waals surface area contributed by atoms with Crippen molar-refractivity contribution in [3.05, 3.63) is 54.4 Å². The summed E-state index contributed by atoms with van der Waals surface area (Å²) in [5.74, 6) is 2.86. The summed E-state index contributed by atoms with van der Waals surface area (Å²) in [5.41, 5.74) is 4.38. The minimum Gasteiger partial charge on any atom is -0.497 e. The van der Waals surface area contributed by atoms with Crippen LogP contribution in [0.3, 0.4) is 0 Å². The van der Waals surface area contributed by atoms with Crippen LogP contribution >= 0.6 is 0 Å². The standard InChI is InChI=1S/C20H20N2O2/c1-23-16-8-3-6-14(12-16)19-20(22-11-5-10-18(22)21-19)15-7-4-9-17(13-15)24-2/h3-4,6-9,12-13H,5,10-11H2,1-2H3. The minimum atomic E-state index is 0.845. The Kier molecular flexibility index (Phi) is 3.73. The quantitative estimate of drug-likeness (QED) is 0.723. The van der Waals surface area contributed by atoms with E-state index in [1.807, 2.05) is 30.3 Å². The molecule has 4 nitrogen and oxygen atoms in total. The molecular formula is C20H20N2O2. The van der Waals surface area contributed by atoms with E-state index in [0.717, 1.165) is 59.2 Å². The molecule has 0 atom stereocenters. The predicted octanol–water partition coefficient (Wildman–Crippen LogP) is 4.18. The first-order valence-corrected chi connectivity index (χ1v) is 8.18. The third-order valence-electron chi connectivity index (χ3n) is 4.52. The fraction of sp³-hybridized carbons (Fsp3) is 0.250. The predicted molar refractivity (Wildman–Crippen MR) is 94.5 cm³/mol. The number of fused-ring (bicyclic) bond motifs is 1. The van der Waals surface area contributed by atoms with Gasteiger partial charge in [-0.2, -0.15) is 0 Å². The van der Waals surface area contributed by atoms with Crippen molar-refractivity contribution in [1.82, 2.24) is 9.55 Å². The van der Waals surface area contributed by atoms with Gasteiger partial charge >= 0.3 is 0 Å². The molecule has 0 bridgehead atoms. The molecule has 0 aliphatic carbocycles. The lowest BCUT2D eigenvalue weighted by molar-refractivity contribution is 0.415. The minimum absolute atomic E-state index is 0.845. The van der Waals surface area contributed by atoms with Gasteiger partial charge in [0.15, 0.2) is 0 Å². The highest BCUT2D eigenvalue weighted by atomic mass is 16.5. The number of aromatic nitrogens is 2. The molecule has 24 heavy (non-hydrogen) atoms. The van der Waals surface area contributed by atoms with Gasteiger partial charge in [0.05, 0.1) is 25.6 Å². The van der Waals surface area contributed by atoms with Crippen molar-refractivity contribution in [2.75, 3.05) is 14.2 Å². The maximum Gasteiger partial charge on any atom is 0.119 e. The van der Waals surface area contributed by atoms with Gasteiger partial charge in [0.2, 0.25) is 0 Å². The number of rotatable bonds is 4. The molecule has 3 aromatic rings. The van der Waals surface area contributed by atoms with Gasteiger partial charge in [0.25, 0.3) is 0 Å². The zero-order valence-electron chi connectivity index (χ0n) is 14.0. The van der Waals surface area contributed by atoms with Crippen molar-refractivity contribution < 1.29 is 9.47 Å². The maximum atomic E-state index is 5.40. The highest BCUT2D eigenvalue weighted by Gasteiger charge is 2.23. The molecule has 0 fully saturated rings.